The smallest absolute Gasteiger partial charge is 0.217 e. The highest BCUT2D eigenvalue weighted by molar-refractivity contribution is 6.30. The van der Waals surface area contributed by atoms with Crippen molar-refractivity contribution < 1.29 is 9.47 Å². The summed E-state index contributed by atoms with van der Waals surface area (Å²) in [5.41, 5.74) is 1.27. The number of ether oxygens (including phenoxy) is 2. The molecule has 0 saturated carbocycles. The van der Waals surface area contributed by atoms with Crippen LogP contribution in [0, 0.1) is 0 Å². The van der Waals surface area contributed by atoms with Crippen molar-refractivity contribution >= 4 is 34.8 Å². The fraction of sp³-hybridized carbons (Fsp3) is 0.417. The van der Waals surface area contributed by atoms with E-state index in [1.54, 1.807) is 6.20 Å². The van der Waals surface area contributed by atoms with Gasteiger partial charge in [0, 0.05) is 36.6 Å². The highest BCUT2D eigenvalue weighted by atomic mass is 35.5. The van der Waals surface area contributed by atoms with Crippen LogP contribution in [0.3, 0.4) is 0 Å². The molecule has 7 heteroatoms. The van der Waals surface area contributed by atoms with Crippen LogP contribution in [0.4, 0.5) is 0 Å². The Bertz CT molecular complexity index is 945. The van der Waals surface area contributed by atoms with Gasteiger partial charge in [0.25, 0.3) is 0 Å². The molecule has 2 aliphatic rings. The van der Waals surface area contributed by atoms with E-state index in [1.165, 1.54) is 5.56 Å². The summed E-state index contributed by atoms with van der Waals surface area (Å²) in [4.78, 5) is 8.44. The number of benzene rings is 1. The molecule has 1 aromatic carbocycles. The van der Waals surface area contributed by atoms with Crippen LogP contribution in [0.15, 0.2) is 54.9 Å². The molecule has 5 nitrogen and oxygen atoms in total. The average Bonchev–Trinajstić information content (AvgIpc) is 2.81. The zero-order valence-electron chi connectivity index (χ0n) is 17.5. The lowest BCUT2D eigenvalue weighted by Gasteiger charge is -2.27. The molecule has 0 spiro atoms. The molecular weight excluding hydrogens is 433 g/mol. The monoisotopic (exact) mass is 461 g/mol. The third kappa shape index (κ3) is 6.78. The lowest BCUT2D eigenvalue weighted by molar-refractivity contribution is 0.0832. The number of pyridine rings is 2. The Morgan fingerprint density at radius 2 is 1.68 bits per heavy atom. The summed E-state index contributed by atoms with van der Waals surface area (Å²) < 4.78 is 11.6. The van der Waals surface area contributed by atoms with Gasteiger partial charge in [-0.1, -0.05) is 41.9 Å². The molecule has 3 aromatic rings. The fourth-order valence-electron chi connectivity index (χ4n) is 3.95. The van der Waals surface area contributed by atoms with Gasteiger partial charge < -0.3 is 14.8 Å². The number of halogens is 2. The molecule has 1 N–H and O–H groups in total. The molecule has 0 aliphatic carbocycles. The van der Waals surface area contributed by atoms with Crippen molar-refractivity contribution in [2.75, 3.05) is 26.3 Å². The van der Waals surface area contributed by atoms with Crippen molar-refractivity contribution in [2.24, 2.45) is 0 Å². The fourth-order valence-corrected chi connectivity index (χ4v) is 4.12. The minimum Gasteiger partial charge on any atom is -0.474 e. The Morgan fingerprint density at radius 1 is 0.935 bits per heavy atom. The van der Waals surface area contributed by atoms with Gasteiger partial charge in [0.15, 0.2) is 0 Å². The average molecular weight is 462 g/mol. The summed E-state index contributed by atoms with van der Waals surface area (Å²) in [5.74, 6) is 1.39. The summed E-state index contributed by atoms with van der Waals surface area (Å²) in [7, 11) is 0. The highest BCUT2D eigenvalue weighted by Crippen LogP contribution is 2.33. The number of nitrogens with one attached hydrogen (secondary N) is 1. The number of hydrogen-bond acceptors (Lipinski definition) is 5. The zero-order valence-corrected chi connectivity index (χ0v) is 19.1. The molecule has 2 fully saturated rings. The van der Waals surface area contributed by atoms with Crippen LogP contribution in [0.1, 0.15) is 37.2 Å². The minimum absolute atomic E-state index is 0. The molecule has 0 radical (unpaired) electrons. The first-order valence-corrected chi connectivity index (χ1v) is 11.1. The summed E-state index contributed by atoms with van der Waals surface area (Å²) in [6, 6.07) is 14.0. The van der Waals surface area contributed by atoms with Gasteiger partial charge in [-0.15, -0.1) is 12.4 Å². The lowest BCUT2D eigenvalue weighted by Crippen LogP contribution is -2.34. The van der Waals surface area contributed by atoms with Crippen molar-refractivity contribution in [3.8, 4) is 5.88 Å². The van der Waals surface area contributed by atoms with Gasteiger partial charge in [-0.2, -0.15) is 0 Å². The van der Waals surface area contributed by atoms with Crippen LogP contribution in [0.25, 0.3) is 10.8 Å². The minimum atomic E-state index is 0. The third-order valence-electron chi connectivity index (χ3n) is 5.62. The van der Waals surface area contributed by atoms with Crippen molar-refractivity contribution in [3.63, 3.8) is 0 Å². The summed E-state index contributed by atoms with van der Waals surface area (Å²) in [6.45, 7) is 3.80. The molecule has 0 unspecified atom stereocenters. The van der Waals surface area contributed by atoms with Crippen LogP contribution in [0.5, 0.6) is 5.88 Å². The maximum absolute atomic E-state index is 6.15. The molecule has 0 amide bonds. The highest BCUT2D eigenvalue weighted by Gasteiger charge is 2.22. The second-order valence-electron chi connectivity index (χ2n) is 7.71. The van der Waals surface area contributed by atoms with Gasteiger partial charge in [-0.3, -0.25) is 0 Å². The van der Waals surface area contributed by atoms with E-state index in [4.69, 9.17) is 21.1 Å². The lowest BCUT2D eigenvalue weighted by atomic mass is 9.92. The van der Waals surface area contributed by atoms with E-state index >= 15 is 0 Å². The van der Waals surface area contributed by atoms with Crippen molar-refractivity contribution in [1.82, 2.24) is 15.3 Å². The zero-order chi connectivity index (χ0) is 20.6. The van der Waals surface area contributed by atoms with Crippen LogP contribution in [0.2, 0.25) is 5.15 Å². The van der Waals surface area contributed by atoms with Crippen LogP contribution < -0.4 is 10.1 Å². The largest absolute Gasteiger partial charge is 0.474 e. The summed E-state index contributed by atoms with van der Waals surface area (Å²) in [6.07, 6.45) is 8.22. The number of aromatic nitrogens is 2. The van der Waals surface area contributed by atoms with Crippen LogP contribution in [-0.2, 0) is 4.74 Å². The van der Waals surface area contributed by atoms with Crippen molar-refractivity contribution in [1.29, 1.82) is 0 Å². The first-order valence-electron chi connectivity index (χ1n) is 10.7. The van der Waals surface area contributed by atoms with Gasteiger partial charge in [0.1, 0.15) is 11.3 Å². The predicted molar refractivity (Wildman–Crippen MR) is 128 cm³/mol. The normalized spacial score (nSPS) is 17.3. The van der Waals surface area contributed by atoms with E-state index in [-0.39, 0.29) is 12.4 Å². The number of hydrogen-bond donors (Lipinski definition) is 1. The van der Waals surface area contributed by atoms with Crippen molar-refractivity contribution in [2.45, 2.75) is 37.7 Å². The van der Waals surface area contributed by atoms with E-state index in [9.17, 15) is 0 Å². The molecule has 5 rings (SSSR count). The van der Waals surface area contributed by atoms with E-state index in [1.807, 2.05) is 42.6 Å². The molecule has 31 heavy (non-hydrogen) atoms. The Kier molecular flexibility index (Phi) is 9.34. The van der Waals surface area contributed by atoms with Gasteiger partial charge in [-0.25, -0.2) is 9.97 Å². The second kappa shape index (κ2) is 12.2. The first-order chi connectivity index (χ1) is 14.8. The first kappa shape index (κ1) is 23.7. The SMILES string of the molecule is Cl.Clc1cc2ccccc2cn1.c1cnc(OC2CCNCC2)c(C2CCOCC2)c1. The van der Waals surface area contributed by atoms with Crippen LogP contribution in [-0.4, -0.2) is 42.4 Å². The molecule has 2 saturated heterocycles. The molecule has 166 valence electrons. The quantitative estimate of drug-likeness (QED) is 0.527. The molecule has 4 heterocycles. The molecule has 2 aromatic heterocycles. The Morgan fingerprint density at radius 3 is 2.45 bits per heavy atom. The van der Waals surface area contributed by atoms with E-state index < -0.39 is 0 Å². The number of fused-ring (bicyclic) bond motifs is 1. The molecule has 0 atom stereocenters. The van der Waals surface area contributed by atoms with E-state index in [0.717, 1.165) is 68.6 Å². The topological polar surface area (TPSA) is 56.3 Å². The van der Waals surface area contributed by atoms with Gasteiger partial charge in [0.05, 0.1) is 0 Å². The number of nitrogens with zero attached hydrogens (tertiary/aromatic N) is 2. The molecule has 2 aliphatic heterocycles. The van der Waals surface area contributed by atoms with E-state index in [2.05, 4.69) is 21.4 Å². The maximum atomic E-state index is 6.15. The predicted octanol–water partition coefficient (Wildman–Crippen LogP) is 5.42. The van der Waals surface area contributed by atoms with Crippen molar-refractivity contribution in [3.05, 3.63) is 65.6 Å². The van der Waals surface area contributed by atoms with E-state index in [0.29, 0.717) is 17.2 Å². The Labute approximate surface area is 194 Å². The number of piperidine rings is 1. The van der Waals surface area contributed by atoms with Gasteiger partial charge in [0.2, 0.25) is 5.88 Å². The third-order valence-corrected chi connectivity index (χ3v) is 5.83. The second-order valence-corrected chi connectivity index (χ2v) is 8.09. The number of rotatable bonds is 3. The van der Waals surface area contributed by atoms with Gasteiger partial charge in [-0.05, 0) is 62.2 Å². The van der Waals surface area contributed by atoms with Crippen LogP contribution >= 0.6 is 24.0 Å². The Hall–Kier alpha value is -1.92. The van der Waals surface area contributed by atoms with Gasteiger partial charge >= 0.3 is 0 Å². The summed E-state index contributed by atoms with van der Waals surface area (Å²) >= 11 is 5.71. The summed E-state index contributed by atoms with van der Waals surface area (Å²) in [5, 5.41) is 6.16. The molecular formula is C24H29Cl2N3O2. The standard InChI is InChI=1S/C15H22N2O2.C9H6ClN.ClH/c1-2-14(12-5-10-18-11-6-12)15(17-7-1)19-13-3-8-16-9-4-13;10-9-5-7-3-1-2-4-8(7)6-11-9;/h1-2,7,12-13,16H,3-6,8-11H2;1-6H;1H. The maximum Gasteiger partial charge on any atom is 0.217 e. The molecule has 0 bridgehead atoms. The Balaban J connectivity index is 0.000000194.